The average molecular weight is 453 g/mol. The number of benzene rings is 2. The Morgan fingerprint density at radius 1 is 1.03 bits per heavy atom. The highest BCUT2D eigenvalue weighted by Gasteiger charge is 2.30. The Morgan fingerprint density at radius 3 is 2.38 bits per heavy atom. The molecular formula is C19H18Cl2N4O3S. The number of aromatic amines is 1. The van der Waals surface area contributed by atoms with E-state index in [9.17, 15) is 13.2 Å². The molecule has 1 aliphatic heterocycles. The monoisotopic (exact) mass is 452 g/mol. The number of piperazine rings is 1. The number of para-hydroxylation sites is 1. The number of aromatic nitrogens is 2. The number of sulfonamides is 1. The lowest BCUT2D eigenvalue weighted by Gasteiger charge is -2.34. The number of amides is 1. The lowest BCUT2D eigenvalue weighted by Crippen LogP contribution is -2.50. The summed E-state index contributed by atoms with van der Waals surface area (Å²) >= 11 is 11.9. The van der Waals surface area contributed by atoms with Crippen molar-refractivity contribution in [2.75, 3.05) is 26.2 Å². The lowest BCUT2D eigenvalue weighted by atomic mass is 10.1. The molecule has 29 heavy (non-hydrogen) atoms. The smallest absolute Gasteiger partial charge is 0.243 e. The molecule has 4 rings (SSSR count). The molecule has 0 spiro atoms. The summed E-state index contributed by atoms with van der Waals surface area (Å²) in [6, 6.07) is 11.8. The maximum Gasteiger partial charge on any atom is 0.243 e. The summed E-state index contributed by atoms with van der Waals surface area (Å²) in [4.78, 5) is 14.4. The normalized spacial score (nSPS) is 15.7. The number of H-pyrrole nitrogens is 1. The molecule has 0 bridgehead atoms. The number of hydrogen-bond donors (Lipinski definition) is 1. The average Bonchev–Trinajstić information content (AvgIpc) is 3.10. The van der Waals surface area contributed by atoms with Gasteiger partial charge in [-0.15, -0.1) is 0 Å². The van der Waals surface area contributed by atoms with Crippen LogP contribution in [0.4, 0.5) is 0 Å². The minimum absolute atomic E-state index is 0.0544. The van der Waals surface area contributed by atoms with Crippen molar-refractivity contribution in [2.24, 2.45) is 0 Å². The van der Waals surface area contributed by atoms with E-state index in [1.807, 2.05) is 24.3 Å². The second kappa shape index (κ2) is 7.95. The number of nitrogens with one attached hydrogen (secondary N) is 1. The van der Waals surface area contributed by atoms with Crippen LogP contribution in [0.15, 0.2) is 47.4 Å². The quantitative estimate of drug-likeness (QED) is 0.658. The Kier molecular flexibility index (Phi) is 5.52. The third kappa shape index (κ3) is 4.11. The molecule has 0 unspecified atom stereocenters. The summed E-state index contributed by atoms with van der Waals surface area (Å²) in [6.45, 7) is 1.06. The Balaban J connectivity index is 1.43. The van der Waals surface area contributed by atoms with Crippen LogP contribution >= 0.6 is 23.2 Å². The van der Waals surface area contributed by atoms with E-state index in [4.69, 9.17) is 23.2 Å². The van der Waals surface area contributed by atoms with Crippen molar-refractivity contribution in [2.45, 2.75) is 11.3 Å². The van der Waals surface area contributed by atoms with Crippen molar-refractivity contribution in [1.82, 2.24) is 19.4 Å². The number of rotatable bonds is 4. The van der Waals surface area contributed by atoms with Gasteiger partial charge in [-0.1, -0.05) is 41.4 Å². The maximum atomic E-state index is 12.9. The number of halogens is 2. The van der Waals surface area contributed by atoms with E-state index < -0.39 is 10.0 Å². The lowest BCUT2D eigenvalue weighted by molar-refractivity contribution is -0.131. The largest absolute Gasteiger partial charge is 0.340 e. The van der Waals surface area contributed by atoms with Gasteiger partial charge in [0.1, 0.15) is 0 Å². The van der Waals surface area contributed by atoms with Crippen LogP contribution < -0.4 is 0 Å². The summed E-state index contributed by atoms with van der Waals surface area (Å²) in [5, 5.41) is 8.56. The Morgan fingerprint density at radius 2 is 1.69 bits per heavy atom. The first-order chi connectivity index (χ1) is 13.8. The van der Waals surface area contributed by atoms with Gasteiger partial charge in [0.25, 0.3) is 0 Å². The van der Waals surface area contributed by atoms with E-state index in [1.54, 1.807) is 4.90 Å². The predicted octanol–water partition coefficient (Wildman–Crippen LogP) is 2.95. The summed E-state index contributed by atoms with van der Waals surface area (Å²) < 4.78 is 27.1. The van der Waals surface area contributed by atoms with Crippen LogP contribution in [-0.2, 0) is 21.2 Å². The number of nitrogens with zero attached hydrogens (tertiary/aromatic N) is 3. The molecule has 0 saturated carbocycles. The van der Waals surface area contributed by atoms with Crippen molar-refractivity contribution in [3.05, 3.63) is 58.2 Å². The Bertz CT molecular complexity index is 1150. The number of carbonyl (C=O) groups excluding carboxylic acids is 1. The molecule has 0 atom stereocenters. The molecule has 1 amide bonds. The van der Waals surface area contributed by atoms with Crippen LogP contribution in [-0.4, -0.2) is 59.9 Å². The third-order valence-corrected chi connectivity index (χ3v) is 7.25. The van der Waals surface area contributed by atoms with Gasteiger partial charge >= 0.3 is 0 Å². The molecule has 1 N–H and O–H groups in total. The summed E-state index contributed by atoms with van der Waals surface area (Å²) in [6.07, 6.45) is 0.192. The van der Waals surface area contributed by atoms with Gasteiger partial charge in [0.2, 0.25) is 15.9 Å². The molecule has 2 aromatic carbocycles. The zero-order valence-corrected chi connectivity index (χ0v) is 17.6. The van der Waals surface area contributed by atoms with Gasteiger partial charge in [-0.2, -0.15) is 9.40 Å². The standard InChI is InChI=1S/C19H18Cl2N4O3S/c20-13-9-14(21)11-15(10-13)29(27,28)25-7-5-24(6-8-25)19(26)12-18-16-3-1-2-4-17(16)22-23-18/h1-4,9-11H,5-8,12H2,(H,22,23). The minimum atomic E-state index is -3.72. The fraction of sp³-hybridized carbons (Fsp3) is 0.263. The maximum absolute atomic E-state index is 12.9. The number of fused-ring (bicyclic) bond motifs is 1. The molecular weight excluding hydrogens is 435 g/mol. The van der Waals surface area contributed by atoms with Crippen molar-refractivity contribution < 1.29 is 13.2 Å². The van der Waals surface area contributed by atoms with Gasteiger partial charge in [0.15, 0.2) is 0 Å². The second-order valence-electron chi connectivity index (χ2n) is 6.79. The molecule has 1 aliphatic rings. The summed E-state index contributed by atoms with van der Waals surface area (Å²) in [5.74, 6) is -0.0674. The zero-order chi connectivity index (χ0) is 20.6. The van der Waals surface area contributed by atoms with Crippen LogP contribution in [0, 0.1) is 0 Å². The molecule has 1 aromatic heterocycles. The predicted molar refractivity (Wildman–Crippen MR) is 112 cm³/mol. The van der Waals surface area contributed by atoms with Gasteiger partial charge in [-0.3, -0.25) is 9.89 Å². The van der Waals surface area contributed by atoms with Crippen LogP contribution in [0.25, 0.3) is 10.9 Å². The highest BCUT2D eigenvalue weighted by atomic mass is 35.5. The fourth-order valence-corrected chi connectivity index (χ4v) is 5.57. The highest BCUT2D eigenvalue weighted by molar-refractivity contribution is 7.89. The topological polar surface area (TPSA) is 86.4 Å². The van der Waals surface area contributed by atoms with Crippen molar-refractivity contribution in [3.63, 3.8) is 0 Å². The molecule has 1 saturated heterocycles. The van der Waals surface area contributed by atoms with E-state index in [0.29, 0.717) is 13.1 Å². The molecule has 0 radical (unpaired) electrons. The molecule has 10 heteroatoms. The van der Waals surface area contributed by atoms with Crippen molar-refractivity contribution in [1.29, 1.82) is 0 Å². The first-order valence-corrected chi connectivity index (χ1v) is 11.2. The molecule has 0 aliphatic carbocycles. The minimum Gasteiger partial charge on any atom is -0.340 e. The molecule has 1 fully saturated rings. The van der Waals surface area contributed by atoms with E-state index in [2.05, 4.69) is 10.2 Å². The Hall–Kier alpha value is -2.13. The van der Waals surface area contributed by atoms with Gasteiger partial charge in [0, 0.05) is 41.6 Å². The number of hydrogen-bond acceptors (Lipinski definition) is 4. The van der Waals surface area contributed by atoms with Crippen LogP contribution in [0.2, 0.25) is 10.0 Å². The van der Waals surface area contributed by atoms with E-state index >= 15 is 0 Å². The molecule has 3 aromatic rings. The van der Waals surface area contributed by atoms with E-state index in [1.165, 1.54) is 22.5 Å². The van der Waals surface area contributed by atoms with E-state index in [-0.39, 0.29) is 40.4 Å². The molecule has 7 nitrogen and oxygen atoms in total. The van der Waals surface area contributed by atoms with Gasteiger partial charge in [0.05, 0.1) is 22.5 Å². The summed E-state index contributed by atoms with van der Waals surface area (Å²) in [7, 11) is -3.72. The van der Waals surface area contributed by atoms with Gasteiger partial charge in [-0.05, 0) is 24.3 Å². The number of carbonyl (C=O) groups is 1. The van der Waals surface area contributed by atoms with Crippen molar-refractivity contribution >= 4 is 50.0 Å². The summed E-state index contributed by atoms with van der Waals surface area (Å²) in [5.41, 5.74) is 1.57. The van der Waals surface area contributed by atoms with Crippen LogP contribution in [0.5, 0.6) is 0 Å². The van der Waals surface area contributed by atoms with Gasteiger partial charge in [-0.25, -0.2) is 8.42 Å². The first kappa shape index (κ1) is 20.2. The highest BCUT2D eigenvalue weighted by Crippen LogP contribution is 2.25. The zero-order valence-electron chi connectivity index (χ0n) is 15.3. The SMILES string of the molecule is O=C(Cc1[nH]nc2ccccc12)N1CCN(S(=O)(=O)c2cc(Cl)cc(Cl)c2)CC1. The van der Waals surface area contributed by atoms with Crippen LogP contribution in [0.3, 0.4) is 0 Å². The van der Waals surface area contributed by atoms with Gasteiger partial charge < -0.3 is 4.90 Å². The third-order valence-electron chi connectivity index (χ3n) is 4.93. The molecule has 152 valence electrons. The first-order valence-electron chi connectivity index (χ1n) is 9.00. The Labute approximate surface area is 178 Å². The second-order valence-corrected chi connectivity index (χ2v) is 9.60. The fourth-order valence-electron chi connectivity index (χ4n) is 3.42. The van der Waals surface area contributed by atoms with E-state index in [0.717, 1.165) is 16.6 Å². The molecule has 2 heterocycles. The van der Waals surface area contributed by atoms with Crippen molar-refractivity contribution in [3.8, 4) is 0 Å². The van der Waals surface area contributed by atoms with Crippen LogP contribution in [0.1, 0.15) is 5.69 Å².